The first-order valence-electron chi connectivity index (χ1n) is 6.54. The molecule has 1 aromatic carbocycles. The Morgan fingerprint density at radius 3 is 2.62 bits per heavy atom. The standard InChI is InChI=1S/C14H20N2O5/c1-21-9-7-16(6-8-17)14(20)15-12-5-3-2-4-11(12)10-13(18)19/h2-5,17H,6-10H2,1H3,(H,15,20)(H,18,19). The number of carbonyl (C=O) groups excluding carboxylic acids is 1. The van der Waals surface area contributed by atoms with Crippen LogP contribution in [0.2, 0.25) is 0 Å². The number of hydrogen-bond acceptors (Lipinski definition) is 4. The summed E-state index contributed by atoms with van der Waals surface area (Å²) in [6, 6.07) is 6.31. The number of aliphatic hydroxyl groups is 1. The Kier molecular flexibility index (Phi) is 7.20. The maximum absolute atomic E-state index is 12.1. The summed E-state index contributed by atoms with van der Waals surface area (Å²) < 4.78 is 4.91. The van der Waals surface area contributed by atoms with Crippen molar-refractivity contribution in [1.82, 2.24) is 4.90 Å². The summed E-state index contributed by atoms with van der Waals surface area (Å²) in [5, 5.41) is 20.5. The molecule has 0 saturated heterocycles. The highest BCUT2D eigenvalue weighted by atomic mass is 16.5. The summed E-state index contributed by atoms with van der Waals surface area (Å²) in [6.07, 6.45) is -0.172. The van der Waals surface area contributed by atoms with E-state index >= 15 is 0 Å². The molecule has 0 bridgehead atoms. The van der Waals surface area contributed by atoms with Crippen LogP contribution in [0.1, 0.15) is 5.56 Å². The molecule has 0 aromatic heterocycles. The summed E-state index contributed by atoms with van der Waals surface area (Å²) in [5.41, 5.74) is 0.972. The lowest BCUT2D eigenvalue weighted by Gasteiger charge is -2.22. The zero-order valence-electron chi connectivity index (χ0n) is 11.9. The number of hydrogen-bond donors (Lipinski definition) is 3. The van der Waals surface area contributed by atoms with Crippen LogP contribution in [-0.4, -0.2) is 60.5 Å². The van der Waals surface area contributed by atoms with E-state index in [0.717, 1.165) is 0 Å². The van der Waals surface area contributed by atoms with Gasteiger partial charge in [0.1, 0.15) is 0 Å². The molecule has 0 spiro atoms. The minimum Gasteiger partial charge on any atom is -0.481 e. The highest BCUT2D eigenvalue weighted by Gasteiger charge is 2.15. The fourth-order valence-corrected chi connectivity index (χ4v) is 1.79. The number of ether oxygens (including phenoxy) is 1. The van der Waals surface area contributed by atoms with E-state index in [1.165, 1.54) is 12.0 Å². The van der Waals surface area contributed by atoms with Crippen molar-refractivity contribution in [3.05, 3.63) is 29.8 Å². The third-order valence-corrected chi connectivity index (χ3v) is 2.82. The van der Waals surface area contributed by atoms with Crippen LogP contribution in [0, 0.1) is 0 Å². The molecule has 0 unspecified atom stereocenters. The van der Waals surface area contributed by atoms with Gasteiger partial charge in [-0.3, -0.25) is 4.79 Å². The van der Waals surface area contributed by atoms with Gasteiger partial charge in [0.05, 0.1) is 19.6 Å². The topological polar surface area (TPSA) is 99.1 Å². The van der Waals surface area contributed by atoms with Crippen molar-refractivity contribution in [3.63, 3.8) is 0 Å². The van der Waals surface area contributed by atoms with Gasteiger partial charge in [-0.05, 0) is 11.6 Å². The number of aliphatic hydroxyl groups excluding tert-OH is 1. The van der Waals surface area contributed by atoms with E-state index in [-0.39, 0.29) is 19.6 Å². The molecule has 0 radical (unpaired) electrons. The number of anilines is 1. The zero-order chi connectivity index (χ0) is 15.7. The van der Waals surface area contributed by atoms with Crippen molar-refractivity contribution < 1.29 is 24.5 Å². The Balaban J connectivity index is 2.77. The smallest absolute Gasteiger partial charge is 0.322 e. The Hall–Kier alpha value is -2.12. The predicted octanol–water partition coefficient (Wildman–Crippen LogP) is 0.786. The largest absolute Gasteiger partial charge is 0.481 e. The van der Waals surface area contributed by atoms with Gasteiger partial charge in [-0.25, -0.2) is 4.79 Å². The van der Waals surface area contributed by atoms with Crippen LogP contribution < -0.4 is 5.32 Å². The zero-order valence-corrected chi connectivity index (χ0v) is 11.9. The third kappa shape index (κ3) is 5.80. The summed E-state index contributed by atoms with van der Waals surface area (Å²) in [7, 11) is 1.52. The number of para-hydroxylation sites is 1. The maximum atomic E-state index is 12.1. The molecule has 1 aromatic rings. The van der Waals surface area contributed by atoms with Crippen molar-refractivity contribution in [2.24, 2.45) is 0 Å². The van der Waals surface area contributed by atoms with Crippen molar-refractivity contribution in [1.29, 1.82) is 0 Å². The van der Waals surface area contributed by atoms with Gasteiger partial charge in [-0.1, -0.05) is 18.2 Å². The molecule has 1 rings (SSSR count). The monoisotopic (exact) mass is 296 g/mol. The second-order valence-corrected chi connectivity index (χ2v) is 4.36. The molecule has 0 aliphatic heterocycles. The molecule has 0 aliphatic rings. The molecule has 0 heterocycles. The molecule has 116 valence electrons. The van der Waals surface area contributed by atoms with E-state index in [2.05, 4.69) is 5.32 Å². The predicted molar refractivity (Wildman–Crippen MR) is 77.3 cm³/mol. The van der Waals surface area contributed by atoms with E-state index in [0.29, 0.717) is 24.4 Å². The molecule has 2 amide bonds. The van der Waals surface area contributed by atoms with Crippen LogP contribution in [0.25, 0.3) is 0 Å². The van der Waals surface area contributed by atoms with Crippen molar-refractivity contribution in [2.45, 2.75) is 6.42 Å². The van der Waals surface area contributed by atoms with Crippen LogP contribution in [-0.2, 0) is 16.0 Å². The van der Waals surface area contributed by atoms with E-state index in [4.69, 9.17) is 14.9 Å². The van der Waals surface area contributed by atoms with Crippen LogP contribution >= 0.6 is 0 Å². The Labute approximate surface area is 123 Å². The lowest BCUT2D eigenvalue weighted by atomic mass is 10.1. The normalized spacial score (nSPS) is 10.2. The SMILES string of the molecule is COCCN(CCO)C(=O)Nc1ccccc1CC(=O)O. The third-order valence-electron chi connectivity index (χ3n) is 2.82. The van der Waals surface area contributed by atoms with Gasteiger partial charge in [0.2, 0.25) is 0 Å². The first-order valence-corrected chi connectivity index (χ1v) is 6.54. The Morgan fingerprint density at radius 1 is 1.29 bits per heavy atom. The molecule has 0 fully saturated rings. The van der Waals surface area contributed by atoms with Crippen LogP contribution in [0.3, 0.4) is 0 Å². The van der Waals surface area contributed by atoms with Gasteiger partial charge >= 0.3 is 12.0 Å². The van der Waals surface area contributed by atoms with Gasteiger partial charge in [0.25, 0.3) is 0 Å². The summed E-state index contributed by atoms with van der Waals surface area (Å²) in [6.45, 7) is 0.707. The van der Waals surface area contributed by atoms with Crippen molar-refractivity contribution >= 4 is 17.7 Å². The van der Waals surface area contributed by atoms with Gasteiger partial charge in [-0.15, -0.1) is 0 Å². The van der Waals surface area contributed by atoms with Gasteiger partial charge < -0.3 is 25.2 Å². The van der Waals surface area contributed by atoms with Crippen molar-refractivity contribution in [2.75, 3.05) is 38.7 Å². The van der Waals surface area contributed by atoms with Crippen LogP contribution in [0.4, 0.5) is 10.5 Å². The number of carboxylic acid groups (broad SMARTS) is 1. The molecule has 0 saturated carbocycles. The van der Waals surface area contributed by atoms with E-state index in [9.17, 15) is 9.59 Å². The second kappa shape index (κ2) is 8.93. The lowest BCUT2D eigenvalue weighted by Crippen LogP contribution is -2.39. The van der Waals surface area contributed by atoms with E-state index in [1.807, 2.05) is 0 Å². The van der Waals surface area contributed by atoms with E-state index in [1.54, 1.807) is 24.3 Å². The number of methoxy groups -OCH3 is 1. The molecule has 0 aliphatic carbocycles. The number of benzene rings is 1. The van der Waals surface area contributed by atoms with Gasteiger partial charge in [0, 0.05) is 25.9 Å². The fourth-order valence-electron chi connectivity index (χ4n) is 1.79. The summed E-state index contributed by atoms with van der Waals surface area (Å²) in [4.78, 5) is 24.4. The Morgan fingerprint density at radius 2 is 2.00 bits per heavy atom. The summed E-state index contributed by atoms with van der Waals surface area (Å²) >= 11 is 0. The number of urea groups is 1. The number of nitrogens with zero attached hydrogens (tertiary/aromatic N) is 1. The molecule has 0 atom stereocenters. The minimum atomic E-state index is -0.969. The van der Waals surface area contributed by atoms with Gasteiger partial charge in [0.15, 0.2) is 0 Å². The lowest BCUT2D eigenvalue weighted by molar-refractivity contribution is -0.136. The molecular formula is C14H20N2O5. The van der Waals surface area contributed by atoms with Gasteiger partial charge in [-0.2, -0.15) is 0 Å². The summed E-state index contributed by atoms with van der Waals surface area (Å²) in [5.74, 6) is -0.969. The average Bonchev–Trinajstić information content (AvgIpc) is 2.45. The first-order chi connectivity index (χ1) is 10.1. The maximum Gasteiger partial charge on any atom is 0.322 e. The first kappa shape index (κ1) is 16.9. The molecule has 21 heavy (non-hydrogen) atoms. The van der Waals surface area contributed by atoms with Crippen molar-refractivity contribution in [3.8, 4) is 0 Å². The molecule has 7 nitrogen and oxygen atoms in total. The highest BCUT2D eigenvalue weighted by Crippen LogP contribution is 2.16. The quantitative estimate of drug-likeness (QED) is 0.658. The number of carbonyl (C=O) groups is 2. The second-order valence-electron chi connectivity index (χ2n) is 4.36. The number of aliphatic carboxylic acids is 1. The van der Waals surface area contributed by atoms with Crippen LogP contribution in [0.5, 0.6) is 0 Å². The minimum absolute atomic E-state index is 0.159. The molecular weight excluding hydrogens is 276 g/mol. The number of carboxylic acids is 1. The highest BCUT2D eigenvalue weighted by molar-refractivity contribution is 5.91. The number of rotatable bonds is 8. The van der Waals surface area contributed by atoms with E-state index < -0.39 is 12.0 Å². The number of nitrogens with one attached hydrogen (secondary N) is 1. The van der Waals surface area contributed by atoms with Crippen LogP contribution in [0.15, 0.2) is 24.3 Å². The molecule has 7 heteroatoms. The average molecular weight is 296 g/mol. The number of amides is 2. The molecule has 3 N–H and O–H groups in total. The fraction of sp³-hybridized carbons (Fsp3) is 0.429. The Bertz CT molecular complexity index is 478.